The molecule has 0 aromatic carbocycles. The van der Waals surface area contributed by atoms with Crippen LogP contribution in [-0.4, -0.2) is 19.8 Å². The molecule has 26 heavy (non-hydrogen) atoms. The van der Waals surface area contributed by atoms with E-state index in [1.54, 1.807) is 0 Å². The Morgan fingerprint density at radius 2 is 1.96 bits per heavy atom. The van der Waals surface area contributed by atoms with Gasteiger partial charge in [-0.15, -0.1) is 5.16 Å². The predicted octanol–water partition coefficient (Wildman–Crippen LogP) is 5.58. The minimum absolute atomic E-state index is 0.0187. The molecule has 0 radical (unpaired) electrons. The number of oxime groups is 1. The van der Waals surface area contributed by atoms with Crippen LogP contribution in [0.15, 0.2) is 17.3 Å². The summed E-state index contributed by atoms with van der Waals surface area (Å²) in [6.07, 6.45) is 13.8. The van der Waals surface area contributed by atoms with Gasteiger partial charge in [0, 0.05) is 11.8 Å². The quantitative estimate of drug-likeness (QED) is 0.368. The summed E-state index contributed by atoms with van der Waals surface area (Å²) in [7, 11) is -1.58. The molecule has 1 unspecified atom stereocenters. The number of allylic oxidation sites excluding steroid dienone is 2. The van der Waals surface area contributed by atoms with Crippen LogP contribution in [0.25, 0.3) is 0 Å². The first-order chi connectivity index (χ1) is 12.3. The fraction of sp³-hybridized carbons (Fsp3) is 0.818. The lowest BCUT2D eigenvalue weighted by molar-refractivity contribution is -0.131. The van der Waals surface area contributed by atoms with Crippen molar-refractivity contribution >= 4 is 19.8 Å². The first kappa shape index (κ1) is 18.5. The monoisotopic (exact) mass is 373 g/mol. The summed E-state index contributed by atoms with van der Waals surface area (Å²) in [5.74, 6) is 4.05. The van der Waals surface area contributed by atoms with E-state index in [2.05, 4.69) is 43.9 Å². The Hall–Kier alpha value is -0.903. The summed E-state index contributed by atoms with van der Waals surface area (Å²) < 4.78 is 5.82. The highest BCUT2D eigenvalue weighted by molar-refractivity contribution is 6.69. The van der Waals surface area contributed by atoms with Crippen LogP contribution >= 0.6 is 0 Å². The number of hydrogen-bond acceptors (Lipinski definition) is 3. The van der Waals surface area contributed by atoms with Crippen molar-refractivity contribution in [2.75, 3.05) is 0 Å². The molecule has 6 atom stereocenters. The molecule has 3 fully saturated rings. The maximum Gasteiger partial charge on any atom is 0.278 e. The Bertz CT molecular complexity index is 635. The first-order valence-electron chi connectivity index (χ1n) is 10.8. The van der Waals surface area contributed by atoms with E-state index < -0.39 is 8.32 Å². The Morgan fingerprint density at radius 1 is 1.15 bits per heavy atom. The number of fused-ring (bicyclic) bond motifs is 5. The van der Waals surface area contributed by atoms with E-state index in [4.69, 9.17) is 4.53 Å². The molecule has 4 aliphatic rings. The van der Waals surface area contributed by atoms with Crippen LogP contribution in [0.2, 0.25) is 19.6 Å². The Kier molecular flexibility index (Phi) is 4.69. The summed E-state index contributed by atoms with van der Waals surface area (Å²) in [6, 6.07) is 0. The van der Waals surface area contributed by atoms with Gasteiger partial charge in [0.15, 0.2) is 0 Å². The minimum Gasteiger partial charge on any atom is -0.456 e. The first-order valence-corrected chi connectivity index (χ1v) is 14.2. The van der Waals surface area contributed by atoms with Gasteiger partial charge in [-0.25, -0.2) is 0 Å². The topological polar surface area (TPSA) is 38.7 Å². The molecule has 0 amide bonds. The number of nitrogens with zero attached hydrogens (tertiary/aromatic N) is 1. The second-order valence-corrected chi connectivity index (χ2v) is 14.6. The van der Waals surface area contributed by atoms with E-state index in [9.17, 15) is 4.79 Å². The molecule has 4 rings (SSSR count). The van der Waals surface area contributed by atoms with E-state index in [1.165, 1.54) is 18.6 Å². The molecule has 4 heteroatoms. The maximum absolute atomic E-state index is 12.7. The third-order valence-corrected chi connectivity index (χ3v) is 8.47. The van der Waals surface area contributed by atoms with E-state index >= 15 is 0 Å². The van der Waals surface area contributed by atoms with Gasteiger partial charge in [0.25, 0.3) is 8.32 Å². The van der Waals surface area contributed by atoms with Crippen LogP contribution < -0.4 is 0 Å². The van der Waals surface area contributed by atoms with Crippen LogP contribution in [0.5, 0.6) is 0 Å². The minimum atomic E-state index is -1.58. The fourth-order valence-electron chi connectivity index (χ4n) is 6.60. The standard InChI is InChI=1S/C22H35NO2Si/c1-5-22-13-12-18-17-9-7-16(23-25-26(2,3)4)14-15(17)6-8-19(18)20(22)10-11-21(22)24/h6,8,15,17-20H,5,7,9-14H2,1-4H3/b23-16+/t15?,17-,18+,19+,20-,22-/m0/s1. The molecule has 0 aromatic rings. The summed E-state index contributed by atoms with van der Waals surface area (Å²) in [4.78, 5) is 12.7. The average molecular weight is 374 g/mol. The number of rotatable bonds is 3. The smallest absolute Gasteiger partial charge is 0.278 e. The summed E-state index contributed by atoms with van der Waals surface area (Å²) >= 11 is 0. The van der Waals surface area contributed by atoms with Gasteiger partial charge in [0.2, 0.25) is 0 Å². The van der Waals surface area contributed by atoms with Crippen molar-refractivity contribution < 1.29 is 9.32 Å². The summed E-state index contributed by atoms with van der Waals surface area (Å²) in [6.45, 7) is 8.82. The normalized spacial score (nSPS) is 43.8. The molecule has 0 N–H and O–H groups in total. The van der Waals surface area contributed by atoms with E-state index in [-0.39, 0.29) is 5.41 Å². The number of hydrogen-bond donors (Lipinski definition) is 0. The molecule has 3 nitrogen and oxygen atoms in total. The van der Waals surface area contributed by atoms with Gasteiger partial charge >= 0.3 is 0 Å². The van der Waals surface area contributed by atoms with Crippen LogP contribution in [0, 0.1) is 35.0 Å². The molecular weight excluding hydrogens is 338 g/mol. The van der Waals surface area contributed by atoms with Crippen LogP contribution in [-0.2, 0) is 9.32 Å². The molecule has 3 saturated carbocycles. The number of carbonyl (C=O) groups excluding carboxylic acids is 1. The van der Waals surface area contributed by atoms with Crippen molar-refractivity contribution in [1.29, 1.82) is 0 Å². The molecule has 0 aliphatic heterocycles. The highest BCUT2D eigenvalue weighted by atomic mass is 28.4. The Labute approximate surface area is 159 Å². The van der Waals surface area contributed by atoms with Gasteiger partial charge in [0.1, 0.15) is 5.78 Å². The fourth-order valence-corrected chi connectivity index (χ4v) is 7.01. The van der Waals surface area contributed by atoms with Crippen LogP contribution in [0.4, 0.5) is 0 Å². The Balaban J connectivity index is 1.52. The molecule has 0 spiro atoms. The molecule has 4 aliphatic carbocycles. The lowest BCUT2D eigenvalue weighted by Gasteiger charge is -2.52. The van der Waals surface area contributed by atoms with Gasteiger partial charge < -0.3 is 4.53 Å². The van der Waals surface area contributed by atoms with E-state index in [0.29, 0.717) is 23.5 Å². The number of Topliss-reactive ketones (excluding diaryl/α,β-unsaturated/α-hetero) is 1. The van der Waals surface area contributed by atoms with Gasteiger partial charge in [-0.05, 0) is 94.2 Å². The lowest BCUT2D eigenvalue weighted by atomic mass is 9.52. The van der Waals surface area contributed by atoms with Crippen molar-refractivity contribution in [3.63, 3.8) is 0 Å². The van der Waals surface area contributed by atoms with Crippen LogP contribution in [0.3, 0.4) is 0 Å². The predicted molar refractivity (Wildman–Crippen MR) is 109 cm³/mol. The second-order valence-electron chi connectivity index (χ2n) is 10.2. The van der Waals surface area contributed by atoms with Gasteiger partial charge in [-0.2, -0.15) is 0 Å². The van der Waals surface area contributed by atoms with Crippen LogP contribution in [0.1, 0.15) is 58.3 Å². The van der Waals surface area contributed by atoms with Crippen molar-refractivity contribution in [3.8, 4) is 0 Å². The third-order valence-electron chi connectivity index (χ3n) is 7.83. The highest BCUT2D eigenvalue weighted by Crippen LogP contribution is 2.60. The maximum atomic E-state index is 12.7. The molecule has 0 aromatic heterocycles. The summed E-state index contributed by atoms with van der Waals surface area (Å²) in [5, 5.41) is 4.54. The van der Waals surface area contributed by atoms with Crippen molar-refractivity contribution in [1.82, 2.24) is 0 Å². The van der Waals surface area contributed by atoms with Crippen molar-refractivity contribution in [2.24, 2.45) is 40.2 Å². The zero-order chi connectivity index (χ0) is 18.5. The zero-order valence-corrected chi connectivity index (χ0v) is 18.0. The SMILES string of the molecule is CC[C@]12CC[C@H]3[C@@H](C=CC4C/C(=N/O[Si](C)(C)C)CC[C@@H]43)[C@@H]1CCC2=O. The molecule has 0 saturated heterocycles. The third kappa shape index (κ3) is 3.02. The van der Waals surface area contributed by atoms with Crippen molar-refractivity contribution in [3.05, 3.63) is 12.2 Å². The van der Waals surface area contributed by atoms with Gasteiger partial charge in [-0.3, -0.25) is 4.79 Å². The van der Waals surface area contributed by atoms with Crippen molar-refractivity contribution in [2.45, 2.75) is 77.9 Å². The summed E-state index contributed by atoms with van der Waals surface area (Å²) in [5.41, 5.74) is 1.29. The molecule has 0 heterocycles. The number of ketones is 1. The van der Waals surface area contributed by atoms with E-state index in [0.717, 1.165) is 50.4 Å². The lowest BCUT2D eigenvalue weighted by Crippen LogP contribution is -2.48. The Morgan fingerprint density at radius 3 is 2.69 bits per heavy atom. The average Bonchev–Trinajstić information content (AvgIpc) is 2.96. The largest absolute Gasteiger partial charge is 0.456 e. The second kappa shape index (κ2) is 6.61. The molecular formula is C22H35NO2Si. The molecule has 0 bridgehead atoms. The zero-order valence-electron chi connectivity index (χ0n) is 17.0. The highest BCUT2D eigenvalue weighted by Gasteiger charge is 2.57. The van der Waals surface area contributed by atoms with Gasteiger partial charge in [-0.1, -0.05) is 19.1 Å². The molecule has 144 valence electrons. The van der Waals surface area contributed by atoms with E-state index in [1.807, 2.05) is 0 Å². The van der Waals surface area contributed by atoms with Gasteiger partial charge in [0.05, 0.1) is 5.71 Å². The number of carbonyl (C=O) groups is 1.